The van der Waals surface area contributed by atoms with Gasteiger partial charge in [0.05, 0.1) is 39.0 Å². The summed E-state index contributed by atoms with van der Waals surface area (Å²) < 4.78 is 38.0. The van der Waals surface area contributed by atoms with Crippen LogP contribution in [0.1, 0.15) is 228 Å². The smallest absolute Gasteiger partial charge is 0.545 e. The summed E-state index contributed by atoms with van der Waals surface area (Å²) in [5.74, 6) is -2.99. The van der Waals surface area contributed by atoms with Gasteiger partial charge >= 0.3 is 57.9 Å². The third-order valence-corrected chi connectivity index (χ3v) is 11.1. The van der Waals surface area contributed by atoms with Crippen molar-refractivity contribution in [2.75, 3.05) is 33.0 Å². The fourth-order valence-electron chi connectivity index (χ4n) is 5.66. The number of aliphatic carboxylic acids is 3. The van der Waals surface area contributed by atoms with Crippen LogP contribution in [0.15, 0.2) is 50.6 Å². The number of carbonyl (C=O) groups excluding carboxylic acids is 2. The summed E-state index contributed by atoms with van der Waals surface area (Å²) in [6, 6.07) is 0. The number of hydrogen-bond donors (Lipinski definition) is 6. The molecule has 0 aromatic rings. The van der Waals surface area contributed by atoms with Gasteiger partial charge < -0.3 is 40.2 Å². The van der Waals surface area contributed by atoms with Gasteiger partial charge in [-0.3, -0.25) is 4.55 Å². The van der Waals surface area contributed by atoms with Gasteiger partial charge in [-0.2, -0.15) is 8.42 Å². The van der Waals surface area contributed by atoms with E-state index < -0.39 is 33.7 Å². The van der Waals surface area contributed by atoms with E-state index in [0.717, 1.165) is 43.9 Å². The van der Waals surface area contributed by atoms with Crippen LogP contribution in [0.25, 0.3) is 0 Å². The van der Waals surface area contributed by atoms with E-state index >= 15 is 0 Å². The zero-order valence-electron chi connectivity index (χ0n) is 46.0. The van der Waals surface area contributed by atoms with Crippen LogP contribution in [0.5, 0.6) is 0 Å². The Morgan fingerprint density at radius 1 is 0.535 bits per heavy atom. The minimum atomic E-state index is -4.23. The number of ether oxygens (including phenoxy) is 1. The Kier molecular flexibility index (Phi) is 86.4. The average molecular weight is 1050 g/mol. The minimum absolute atomic E-state index is 0. The second-order valence-corrected chi connectivity index (χ2v) is 18.0. The largest absolute Gasteiger partial charge is 1.00 e. The van der Waals surface area contributed by atoms with E-state index in [1.807, 2.05) is 6.92 Å². The van der Waals surface area contributed by atoms with Gasteiger partial charge in [-0.05, 0) is 31.3 Å². The molecule has 17 heteroatoms. The number of carboxylic acid groups (broad SMARTS) is 3. The molecule has 0 aliphatic carbocycles. The summed E-state index contributed by atoms with van der Waals surface area (Å²) >= 11 is 0. The predicted octanol–water partition coefficient (Wildman–Crippen LogP) is 8.95. The first kappa shape index (κ1) is 85.4. The molecule has 0 aliphatic rings. The molecule has 418 valence electrons. The average Bonchev–Trinajstić information content (AvgIpc) is 3.35. The van der Waals surface area contributed by atoms with Crippen molar-refractivity contribution in [2.24, 2.45) is 11.3 Å². The summed E-state index contributed by atoms with van der Waals surface area (Å²) in [5.41, 5.74) is -0.667. The van der Waals surface area contributed by atoms with Crippen LogP contribution in [-0.4, -0.2) is 95.4 Å². The van der Waals surface area contributed by atoms with Gasteiger partial charge in [-0.1, -0.05) is 235 Å². The van der Waals surface area contributed by atoms with Gasteiger partial charge in [-0.15, -0.1) is 0 Å². The van der Waals surface area contributed by atoms with E-state index in [1.54, 1.807) is 0 Å². The number of carbonyl (C=O) groups is 4. The molecule has 15 nitrogen and oxygen atoms in total. The molecular formula is C54H105NaO15S. The molecule has 0 saturated carbocycles. The van der Waals surface area contributed by atoms with Gasteiger partial charge in [0.15, 0.2) is 0 Å². The van der Waals surface area contributed by atoms with Gasteiger partial charge in [-0.25, -0.2) is 18.6 Å². The number of hydrogen-bond acceptors (Lipinski definition) is 12. The van der Waals surface area contributed by atoms with Crippen LogP contribution in [0.4, 0.5) is 0 Å². The number of carboxylic acids is 3. The molecule has 0 amide bonds. The normalized spacial score (nSPS) is 10.4. The van der Waals surface area contributed by atoms with Crippen molar-refractivity contribution in [3.05, 3.63) is 50.6 Å². The Morgan fingerprint density at radius 2 is 0.817 bits per heavy atom. The maximum absolute atomic E-state index is 10.8. The first-order valence-electron chi connectivity index (χ1n) is 26.0. The van der Waals surface area contributed by atoms with Crippen LogP contribution < -0.4 is 34.7 Å². The Hall–Kier alpha value is -2.41. The molecule has 0 spiro atoms. The second-order valence-electron chi connectivity index (χ2n) is 16.9. The molecule has 1 atom stereocenters. The number of aliphatic hydroxyl groups is 3. The monoisotopic (exact) mass is 1050 g/mol. The van der Waals surface area contributed by atoms with Gasteiger partial charge in [0.1, 0.15) is 0 Å². The fourth-order valence-corrected chi connectivity index (χ4v) is 5.99. The zero-order chi connectivity index (χ0) is 55.2. The molecule has 71 heavy (non-hydrogen) atoms. The summed E-state index contributed by atoms with van der Waals surface area (Å²) in [6.07, 6.45) is 41.1. The Morgan fingerprint density at radius 3 is 1.00 bits per heavy atom. The van der Waals surface area contributed by atoms with Crippen molar-refractivity contribution in [1.29, 1.82) is 0 Å². The van der Waals surface area contributed by atoms with Gasteiger partial charge in [0.25, 0.3) is 0 Å². The first-order chi connectivity index (χ1) is 33.3. The molecule has 6 N–H and O–H groups in total. The third kappa shape index (κ3) is 94.1. The molecule has 1 unspecified atom stereocenters. The summed E-state index contributed by atoms with van der Waals surface area (Å²) in [4.78, 5) is 38.4. The number of aliphatic hydroxyl groups excluding tert-OH is 3. The topological polar surface area (TPSA) is 265 Å². The van der Waals surface area contributed by atoms with Crippen molar-refractivity contribution in [3.63, 3.8) is 0 Å². The van der Waals surface area contributed by atoms with Crippen molar-refractivity contribution in [1.82, 2.24) is 0 Å². The molecule has 0 heterocycles. The van der Waals surface area contributed by atoms with E-state index in [1.165, 1.54) is 154 Å². The second kappa shape index (κ2) is 71.8. The van der Waals surface area contributed by atoms with Gasteiger partial charge in [0, 0.05) is 23.6 Å². The number of unbranched alkanes of at least 4 members (excludes halogenated alkanes) is 23. The van der Waals surface area contributed by atoms with Crippen LogP contribution in [0, 0.1) is 11.3 Å². The molecule has 0 rings (SSSR count). The molecule has 0 aliphatic heterocycles. The minimum Gasteiger partial charge on any atom is -0.545 e. The summed E-state index contributed by atoms with van der Waals surface area (Å²) in [6.45, 7) is 25.3. The van der Waals surface area contributed by atoms with Crippen molar-refractivity contribution in [3.8, 4) is 0 Å². The number of rotatable bonds is 39. The Bertz CT molecular complexity index is 1200. The summed E-state index contributed by atoms with van der Waals surface area (Å²) in [7, 11) is -4.23. The maximum atomic E-state index is 10.8. The quantitative estimate of drug-likeness (QED) is 0.0110. The zero-order valence-corrected chi connectivity index (χ0v) is 48.8. The standard InChI is InChI=1S/C16H34.C12H26O4S.C11H20O2.C6H14O3.3C3H4O2.Na/c1-3-5-7-9-11-13-15-16-14-12-10-8-6-4-2;1-2-3-4-5-6-7-8-9-10-11-12-16-17(13,14)15;1-4-7-8-10(5-2)9-13-11(12)6-3;1-2-6(3-7,4-8)5-9;3*1-2-3(4)5;/h3-16H2,1-2H3;2-12H2,1H3,(H,13,14,15);6,10H,3-5,7-9H2,1-2H3;7-9H,2-5H2,1H3;3*2H,1H2,(H,4,5);/q;;;;;;;+1/p-1. The van der Waals surface area contributed by atoms with E-state index in [0.29, 0.717) is 25.4 Å². The molecule has 0 fully saturated rings. The SMILES string of the molecule is C=CC(=O)O.C=CC(=O)O.C=CC(=O)OCC(CC)CCCC.C=CC(=O)[O-].CCC(CO)(CO)CO.CCCCCCCCCCCCCCCC.CCCCCCCCCCCCOS(=O)(=O)O.[Na+]. The van der Waals surface area contributed by atoms with E-state index in [9.17, 15) is 22.8 Å². The predicted molar refractivity (Wildman–Crippen MR) is 285 cm³/mol. The Labute approximate surface area is 455 Å². The third-order valence-electron chi connectivity index (χ3n) is 10.6. The molecule has 0 aromatic carbocycles. The van der Waals surface area contributed by atoms with Crippen LogP contribution in [0.3, 0.4) is 0 Å². The van der Waals surface area contributed by atoms with E-state index in [2.05, 4.69) is 65.1 Å². The first-order valence-corrected chi connectivity index (χ1v) is 27.4. The van der Waals surface area contributed by atoms with Crippen molar-refractivity contribution in [2.45, 2.75) is 228 Å². The molecule has 0 saturated heterocycles. The molecular weight excluding hydrogens is 944 g/mol. The fraction of sp³-hybridized carbons (Fsp3) is 0.778. The van der Waals surface area contributed by atoms with Crippen LogP contribution in [-0.2, 0) is 38.5 Å². The van der Waals surface area contributed by atoms with Crippen LogP contribution >= 0.6 is 0 Å². The van der Waals surface area contributed by atoms with Crippen LogP contribution in [0.2, 0.25) is 0 Å². The maximum Gasteiger partial charge on any atom is 1.00 e. The summed E-state index contributed by atoms with van der Waals surface area (Å²) in [5, 5.41) is 50.3. The van der Waals surface area contributed by atoms with Crippen molar-refractivity contribution < 1.29 is 101 Å². The molecule has 0 radical (unpaired) electrons. The Balaban J connectivity index is -0.000000114. The molecule has 0 bridgehead atoms. The van der Waals surface area contributed by atoms with Gasteiger partial charge in [0.2, 0.25) is 0 Å². The number of esters is 1. The van der Waals surface area contributed by atoms with Crippen molar-refractivity contribution >= 4 is 34.3 Å². The molecule has 0 aromatic heterocycles. The van der Waals surface area contributed by atoms with E-state index in [-0.39, 0.29) is 62.0 Å². The van der Waals surface area contributed by atoms with E-state index in [4.69, 9.17) is 44.7 Å².